The molecular weight excluding hydrogens is 214 g/mol. The summed E-state index contributed by atoms with van der Waals surface area (Å²) in [4.78, 5) is 4.07. The minimum Gasteiger partial charge on any atom is -0.478 e. The number of ether oxygens (including phenoxy) is 1. The van der Waals surface area contributed by atoms with Gasteiger partial charge in [-0.2, -0.15) is 5.26 Å². The normalized spacial score (nSPS) is 19.6. The van der Waals surface area contributed by atoms with Crippen molar-refractivity contribution in [1.82, 2.24) is 10.3 Å². The van der Waals surface area contributed by atoms with E-state index >= 15 is 0 Å². The first-order valence-electron chi connectivity index (χ1n) is 6.08. The minimum absolute atomic E-state index is 0.564. The highest BCUT2D eigenvalue weighted by Crippen LogP contribution is 2.15. The molecule has 0 bridgehead atoms. The van der Waals surface area contributed by atoms with Crippen molar-refractivity contribution in [3.63, 3.8) is 0 Å². The summed E-state index contributed by atoms with van der Waals surface area (Å²) in [5.74, 6) is 1.33. The fourth-order valence-electron chi connectivity index (χ4n) is 2.03. The molecule has 17 heavy (non-hydrogen) atoms. The van der Waals surface area contributed by atoms with Crippen LogP contribution in [-0.4, -0.2) is 24.7 Å². The van der Waals surface area contributed by atoms with Crippen molar-refractivity contribution in [3.8, 4) is 11.9 Å². The Bertz CT molecular complexity index is 377. The molecule has 2 heterocycles. The largest absolute Gasteiger partial charge is 0.478 e. The van der Waals surface area contributed by atoms with Crippen molar-refractivity contribution in [2.45, 2.75) is 19.3 Å². The Morgan fingerprint density at radius 3 is 3.12 bits per heavy atom. The van der Waals surface area contributed by atoms with Gasteiger partial charge < -0.3 is 10.1 Å². The van der Waals surface area contributed by atoms with Gasteiger partial charge in [0.05, 0.1) is 12.2 Å². The van der Waals surface area contributed by atoms with Crippen molar-refractivity contribution >= 4 is 0 Å². The summed E-state index contributed by atoms with van der Waals surface area (Å²) in [5.41, 5.74) is 0.564. The van der Waals surface area contributed by atoms with Gasteiger partial charge in [-0.05, 0) is 44.3 Å². The smallest absolute Gasteiger partial charge is 0.213 e. The Morgan fingerprint density at radius 1 is 1.53 bits per heavy atom. The predicted molar refractivity (Wildman–Crippen MR) is 64.7 cm³/mol. The predicted octanol–water partition coefficient (Wildman–Crippen LogP) is 1.72. The third kappa shape index (κ3) is 3.72. The van der Waals surface area contributed by atoms with Gasteiger partial charge >= 0.3 is 0 Å². The number of aromatic nitrogens is 1. The van der Waals surface area contributed by atoms with Crippen LogP contribution in [0.2, 0.25) is 0 Å². The number of piperidine rings is 1. The van der Waals surface area contributed by atoms with Crippen LogP contribution in [0.15, 0.2) is 18.3 Å². The van der Waals surface area contributed by atoms with Crippen LogP contribution in [0.5, 0.6) is 5.88 Å². The lowest BCUT2D eigenvalue weighted by Crippen LogP contribution is -2.30. The van der Waals surface area contributed by atoms with E-state index in [1.807, 2.05) is 6.07 Å². The van der Waals surface area contributed by atoms with Crippen LogP contribution in [0.4, 0.5) is 0 Å². The summed E-state index contributed by atoms with van der Waals surface area (Å²) < 4.78 is 5.56. The molecule has 1 saturated heterocycles. The molecule has 1 N–H and O–H groups in total. The van der Waals surface area contributed by atoms with Crippen LogP contribution in [0, 0.1) is 17.2 Å². The molecule has 1 fully saturated rings. The number of nitriles is 1. The van der Waals surface area contributed by atoms with E-state index < -0.39 is 0 Å². The van der Waals surface area contributed by atoms with Crippen LogP contribution >= 0.6 is 0 Å². The van der Waals surface area contributed by atoms with Crippen molar-refractivity contribution in [2.24, 2.45) is 5.92 Å². The first-order valence-corrected chi connectivity index (χ1v) is 6.08. The van der Waals surface area contributed by atoms with Gasteiger partial charge in [-0.15, -0.1) is 0 Å². The third-order valence-electron chi connectivity index (χ3n) is 3.04. The maximum absolute atomic E-state index is 8.64. The van der Waals surface area contributed by atoms with Crippen molar-refractivity contribution in [1.29, 1.82) is 5.26 Å². The van der Waals surface area contributed by atoms with E-state index in [0.29, 0.717) is 18.1 Å². The van der Waals surface area contributed by atoms with Gasteiger partial charge in [0.1, 0.15) is 6.07 Å². The van der Waals surface area contributed by atoms with E-state index in [-0.39, 0.29) is 0 Å². The van der Waals surface area contributed by atoms with Gasteiger partial charge in [0.2, 0.25) is 5.88 Å². The summed E-state index contributed by atoms with van der Waals surface area (Å²) in [6, 6.07) is 5.51. The minimum atomic E-state index is 0.564. The van der Waals surface area contributed by atoms with E-state index in [4.69, 9.17) is 10.00 Å². The number of hydrogen-bond donors (Lipinski definition) is 1. The molecule has 2 rings (SSSR count). The summed E-state index contributed by atoms with van der Waals surface area (Å²) in [6.07, 6.45) is 5.16. The molecule has 0 aromatic carbocycles. The number of nitrogens with zero attached hydrogens (tertiary/aromatic N) is 2. The second-order valence-corrected chi connectivity index (χ2v) is 4.35. The van der Waals surface area contributed by atoms with E-state index in [9.17, 15) is 0 Å². The molecule has 0 aliphatic carbocycles. The molecule has 1 aliphatic heterocycles. The molecule has 1 aliphatic rings. The molecule has 4 heteroatoms. The van der Waals surface area contributed by atoms with E-state index in [1.54, 1.807) is 12.1 Å². The van der Waals surface area contributed by atoms with Crippen LogP contribution in [0.25, 0.3) is 0 Å². The summed E-state index contributed by atoms with van der Waals surface area (Å²) in [6.45, 7) is 2.95. The fourth-order valence-corrected chi connectivity index (χ4v) is 2.03. The highest BCUT2D eigenvalue weighted by Gasteiger charge is 2.12. The van der Waals surface area contributed by atoms with Crippen LogP contribution in [0.3, 0.4) is 0 Å². The van der Waals surface area contributed by atoms with Gasteiger partial charge in [0.15, 0.2) is 0 Å². The fraction of sp³-hybridized carbons (Fsp3) is 0.538. The summed E-state index contributed by atoms with van der Waals surface area (Å²) >= 11 is 0. The first kappa shape index (κ1) is 11.9. The SMILES string of the molecule is N#Cc1ccc(OCCC2CCCNC2)nc1. The lowest BCUT2D eigenvalue weighted by molar-refractivity contribution is 0.247. The standard InChI is InChI=1S/C13H17N3O/c14-8-12-3-4-13(16-10-12)17-7-5-11-2-1-6-15-9-11/h3-4,10-11,15H,1-2,5-7,9H2. The molecule has 0 amide bonds. The van der Waals surface area contributed by atoms with Crippen LogP contribution in [0.1, 0.15) is 24.8 Å². The van der Waals surface area contributed by atoms with Crippen LogP contribution < -0.4 is 10.1 Å². The summed E-state index contributed by atoms with van der Waals surface area (Å²) in [7, 11) is 0. The molecule has 4 nitrogen and oxygen atoms in total. The Labute approximate surface area is 102 Å². The number of rotatable bonds is 4. The third-order valence-corrected chi connectivity index (χ3v) is 3.04. The van der Waals surface area contributed by atoms with E-state index in [1.165, 1.54) is 19.0 Å². The molecule has 0 spiro atoms. The van der Waals surface area contributed by atoms with Gasteiger partial charge in [0, 0.05) is 12.3 Å². The average molecular weight is 231 g/mol. The zero-order valence-corrected chi connectivity index (χ0v) is 9.85. The van der Waals surface area contributed by atoms with Crippen molar-refractivity contribution < 1.29 is 4.74 Å². The Morgan fingerprint density at radius 2 is 2.47 bits per heavy atom. The quantitative estimate of drug-likeness (QED) is 0.857. The molecule has 1 aromatic rings. The van der Waals surface area contributed by atoms with Gasteiger partial charge in [-0.3, -0.25) is 0 Å². The monoisotopic (exact) mass is 231 g/mol. The van der Waals surface area contributed by atoms with Gasteiger partial charge in [-0.1, -0.05) is 0 Å². The lowest BCUT2D eigenvalue weighted by Gasteiger charge is -2.22. The highest BCUT2D eigenvalue weighted by atomic mass is 16.5. The summed E-state index contributed by atoms with van der Waals surface area (Å²) in [5, 5.41) is 12.0. The van der Waals surface area contributed by atoms with E-state index in [2.05, 4.69) is 10.3 Å². The maximum atomic E-state index is 8.64. The molecule has 1 aromatic heterocycles. The molecule has 0 radical (unpaired) electrons. The second-order valence-electron chi connectivity index (χ2n) is 4.35. The Kier molecular flexibility index (Phi) is 4.34. The zero-order valence-electron chi connectivity index (χ0n) is 9.85. The van der Waals surface area contributed by atoms with Crippen molar-refractivity contribution in [2.75, 3.05) is 19.7 Å². The molecule has 1 unspecified atom stereocenters. The molecule has 90 valence electrons. The topological polar surface area (TPSA) is 57.9 Å². The van der Waals surface area contributed by atoms with Gasteiger partial charge in [-0.25, -0.2) is 4.98 Å². The molecule has 0 saturated carbocycles. The molecule has 1 atom stereocenters. The zero-order chi connectivity index (χ0) is 11.9. The maximum Gasteiger partial charge on any atom is 0.213 e. The Balaban J connectivity index is 1.72. The number of nitrogens with one attached hydrogen (secondary N) is 1. The lowest BCUT2D eigenvalue weighted by atomic mass is 9.97. The number of pyridine rings is 1. The molecular formula is C13H17N3O. The average Bonchev–Trinajstić information content (AvgIpc) is 2.41. The number of hydrogen-bond acceptors (Lipinski definition) is 4. The Hall–Kier alpha value is -1.60. The van der Waals surface area contributed by atoms with E-state index in [0.717, 1.165) is 25.4 Å². The van der Waals surface area contributed by atoms with Crippen LogP contribution in [-0.2, 0) is 0 Å². The van der Waals surface area contributed by atoms with Gasteiger partial charge in [0.25, 0.3) is 0 Å². The second kappa shape index (κ2) is 6.21. The first-order chi connectivity index (χ1) is 8.38. The highest BCUT2D eigenvalue weighted by molar-refractivity contribution is 5.28. The van der Waals surface area contributed by atoms with Crippen molar-refractivity contribution in [3.05, 3.63) is 23.9 Å².